The third-order valence-electron chi connectivity index (χ3n) is 1.00. The van der Waals surface area contributed by atoms with Gasteiger partial charge in [0.05, 0.1) is 0 Å². The van der Waals surface area contributed by atoms with E-state index in [2.05, 4.69) is 11.5 Å². The molecule has 0 saturated heterocycles. The molecule has 0 fully saturated rings. The maximum Gasteiger partial charge on any atom is 0.0398 e. The normalized spacial score (nSPS) is 16.2. The molecule has 0 aliphatic carbocycles. The highest BCUT2D eigenvalue weighted by Crippen LogP contribution is 2.11. The molecular formula is C7H9NS. The van der Waals surface area contributed by atoms with Crippen LogP contribution in [0.3, 0.4) is 0 Å². The van der Waals surface area contributed by atoms with Crippen LogP contribution in [0.1, 0.15) is 0 Å². The summed E-state index contributed by atoms with van der Waals surface area (Å²) in [6.45, 7) is 4.53. The molecular weight excluding hydrogens is 130 g/mol. The van der Waals surface area contributed by atoms with Gasteiger partial charge in [-0.05, 0) is 10.8 Å². The largest absolute Gasteiger partial charge is 0.349 e. The standard InChI is InChI=1S/C7H9NS/c1-2-3-8-4-6-9-7-5-8/h2,4-7H,1,3H2. The molecule has 0 N–H and O–H groups in total. The Balaban J connectivity index is 2.39. The lowest BCUT2D eigenvalue weighted by atomic mass is 10.5. The van der Waals surface area contributed by atoms with Crippen LogP contribution in [0.4, 0.5) is 0 Å². The second-order valence-electron chi connectivity index (χ2n) is 1.69. The predicted octanol–water partition coefficient (Wildman–Crippen LogP) is 2.16. The molecule has 1 heterocycles. The molecule has 1 aliphatic rings. The highest BCUT2D eigenvalue weighted by Gasteiger charge is 1.91. The second-order valence-corrected chi connectivity index (χ2v) is 2.51. The monoisotopic (exact) mass is 139 g/mol. The van der Waals surface area contributed by atoms with Crippen molar-refractivity contribution in [3.8, 4) is 0 Å². The summed E-state index contributed by atoms with van der Waals surface area (Å²) in [5.74, 6) is 0. The molecule has 0 atom stereocenters. The number of thioether (sulfide) groups is 1. The van der Waals surface area contributed by atoms with E-state index in [-0.39, 0.29) is 0 Å². The molecule has 0 unspecified atom stereocenters. The van der Waals surface area contributed by atoms with Crippen LogP contribution < -0.4 is 0 Å². The molecule has 9 heavy (non-hydrogen) atoms. The summed E-state index contributed by atoms with van der Waals surface area (Å²) in [4.78, 5) is 2.07. The Morgan fingerprint density at radius 2 is 2.11 bits per heavy atom. The first kappa shape index (κ1) is 6.49. The summed E-state index contributed by atoms with van der Waals surface area (Å²) in [5, 5.41) is 4.09. The summed E-state index contributed by atoms with van der Waals surface area (Å²) in [5.41, 5.74) is 0. The van der Waals surface area contributed by atoms with Crippen LogP contribution >= 0.6 is 11.8 Å². The Bertz CT molecular complexity index is 137. The Kier molecular flexibility index (Phi) is 2.46. The van der Waals surface area contributed by atoms with Crippen molar-refractivity contribution in [3.63, 3.8) is 0 Å². The number of nitrogens with zero attached hydrogens (tertiary/aromatic N) is 1. The van der Waals surface area contributed by atoms with Crippen LogP contribution in [0, 0.1) is 0 Å². The van der Waals surface area contributed by atoms with Gasteiger partial charge in [-0.2, -0.15) is 0 Å². The minimum atomic E-state index is 0.896. The van der Waals surface area contributed by atoms with Crippen molar-refractivity contribution in [1.82, 2.24) is 4.90 Å². The van der Waals surface area contributed by atoms with E-state index in [1.54, 1.807) is 11.8 Å². The highest BCUT2D eigenvalue weighted by molar-refractivity contribution is 8.04. The first-order valence-electron chi connectivity index (χ1n) is 2.79. The maximum atomic E-state index is 3.64. The summed E-state index contributed by atoms with van der Waals surface area (Å²) < 4.78 is 0. The molecule has 0 aromatic carbocycles. The van der Waals surface area contributed by atoms with Gasteiger partial charge < -0.3 is 4.90 Å². The van der Waals surface area contributed by atoms with E-state index in [0.29, 0.717) is 0 Å². The van der Waals surface area contributed by atoms with Gasteiger partial charge in [-0.1, -0.05) is 6.08 Å². The molecule has 2 heteroatoms. The van der Waals surface area contributed by atoms with Gasteiger partial charge in [-0.25, -0.2) is 0 Å². The molecule has 1 nitrogen and oxygen atoms in total. The summed E-state index contributed by atoms with van der Waals surface area (Å²) in [6, 6.07) is 0. The summed E-state index contributed by atoms with van der Waals surface area (Å²) >= 11 is 1.69. The highest BCUT2D eigenvalue weighted by atomic mass is 32.2. The number of rotatable bonds is 2. The molecule has 0 aromatic rings. The molecule has 0 radical (unpaired) electrons. The van der Waals surface area contributed by atoms with E-state index in [9.17, 15) is 0 Å². The van der Waals surface area contributed by atoms with E-state index in [1.807, 2.05) is 29.3 Å². The average molecular weight is 139 g/mol. The molecule has 48 valence electrons. The van der Waals surface area contributed by atoms with Gasteiger partial charge in [0, 0.05) is 18.9 Å². The van der Waals surface area contributed by atoms with Crippen molar-refractivity contribution >= 4 is 11.8 Å². The Morgan fingerprint density at radius 1 is 1.44 bits per heavy atom. The fraction of sp³-hybridized carbons (Fsp3) is 0.143. The SMILES string of the molecule is C=CCN1C=CSC=C1. The third kappa shape index (κ3) is 1.98. The zero-order chi connectivity index (χ0) is 6.53. The van der Waals surface area contributed by atoms with Crippen LogP contribution in [0.5, 0.6) is 0 Å². The zero-order valence-corrected chi connectivity index (χ0v) is 5.97. The predicted molar refractivity (Wildman–Crippen MR) is 42.8 cm³/mol. The van der Waals surface area contributed by atoms with Gasteiger partial charge in [-0.3, -0.25) is 0 Å². The molecule has 1 aliphatic heterocycles. The lowest BCUT2D eigenvalue weighted by molar-refractivity contribution is 0.567. The summed E-state index contributed by atoms with van der Waals surface area (Å²) in [6.07, 6.45) is 5.95. The lowest BCUT2D eigenvalue weighted by Crippen LogP contribution is -2.09. The van der Waals surface area contributed by atoms with Crippen molar-refractivity contribution in [2.24, 2.45) is 0 Å². The molecule has 0 bridgehead atoms. The van der Waals surface area contributed by atoms with Crippen molar-refractivity contribution < 1.29 is 0 Å². The van der Waals surface area contributed by atoms with Gasteiger partial charge in [0.1, 0.15) is 0 Å². The maximum absolute atomic E-state index is 3.64. The van der Waals surface area contributed by atoms with E-state index in [0.717, 1.165) is 6.54 Å². The first-order valence-corrected chi connectivity index (χ1v) is 3.73. The van der Waals surface area contributed by atoms with Crippen LogP contribution in [-0.4, -0.2) is 11.4 Å². The van der Waals surface area contributed by atoms with E-state index >= 15 is 0 Å². The first-order chi connectivity index (χ1) is 4.43. The van der Waals surface area contributed by atoms with Crippen molar-refractivity contribution in [1.29, 1.82) is 0 Å². The van der Waals surface area contributed by atoms with Crippen molar-refractivity contribution in [2.45, 2.75) is 0 Å². The number of hydrogen-bond acceptors (Lipinski definition) is 2. The third-order valence-corrected chi connectivity index (χ3v) is 1.56. The topological polar surface area (TPSA) is 3.24 Å². The Hall–Kier alpha value is -0.630. The fourth-order valence-electron chi connectivity index (χ4n) is 0.592. The quantitative estimate of drug-likeness (QED) is 0.539. The zero-order valence-electron chi connectivity index (χ0n) is 5.16. The molecule has 0 saturated carbocycles. The minimum Gasteiger partial charge on any atom is -0.349 e. The van der Waals surface area contributed by atoms with Gasteiger partial charge in [0.2, 0.25) is 0 Å². The van der Waals surface area contributed by atoms with E-state index in [1.165, 1.54) is 0 Å². The van der Waals surface area contributed by atoms with Gasteiger partial charge >= 0.3 is 0 Å². The van der Waals surface area contributed by atoms with E-state index in [4.69, 9.17) is 0 Å². The summed E-state index contributed by atoms with van der Waals surface area (Å²) in [7, 11) is 0. The molecule has 1 rings (SSSR count). The Morgan fingerprint density at radius 3 is 2.67 bits per heavy atom. The fourth-order valence-corrected chi connectivity index (χ4v) is 1.14. The average Bonchev–Trinajstić information content (AvgIpc) is 1.91. The van der Waals surface area contributed by atoms with Crippen LogP contribution in [0.2, 0.25) is 0 Å². The minimum absolute atomic E-state index is 0.896. The van der Waals surface area contributed by atoms with Gasteiger partial charge in [-0.15, -0.1) is 18.3 Å². The van der Waals surface area contributed by atoms with Crippen LogP contribution in [-0.2, 0) is 0 Å². The van der Waals surface area contributed by atoms with Crippen LogP contribution in [0.15, 0.2) is 35.9 Å². The molecule has 0 amide bonds. The van der Waals surface area contributed by atoms with Gasteiger partial charge in [0.15, 0.2) is 0 Å². The van der Waals surface area contributed by atoms with E-state index < -0.39 is 0 Å². The van der Waals surface area contributed by atoms with Crippen molar-refractivity contribution in [3.05, 3.63) is 35.9 Å². The number of hydrogen-bond donors (Lipinski definition) is 0. The molecule has 0 aromatic heterocycles. The smallest absolute Gasteiger partial charge is 0.0398 e. The van der Waals surface area contributed by atoms with Crippen LogP contribution in [0.25, 0.3) is 0 Å². The Labute approximate surface area is 59.7 Å². The molecule has 0 spiro atoms. The van der Waals surface area contributed by atoms with Gasteiger partial charge in [0.25, 0.3) is 0 Å². The lowest BCUT2D eigenvalue weighted by Gasteiger charge is -2.13. The second kappa shape index (κ2) is 3.41. The van der Waals surface area contributed by atoms with Crippen molar-refractivity contribution in [2.75, 3.05) is 6.54 Å².